The largest absolute Gasteiger partial charge is 0.497 e. The number of benzene rings is 2. The Hall–Kier alpha value is -2.52. The van der Waals surface area contributed by atoms with Crippen molar-refractivity contribution in [3.8, 4) is 11.5 Å². The second-order valence-corrected chi connectivity index (χ2v) is 10.8. The number of carbonyl (C=O) groups is 1. The number of aliphatic imine (C=N–C) groups is 1. The smallest absolute Gasteiger partial charge is 0.285 e. The first-order chi connectivity index (χ1) is 14.9. The van der Waals surface area contributed by atoms with E-state index in [1.54, 1.807) is 19.2 Å². The van der Waals surface area contributed by atoms with Crippen LogP contribution in [0.1, 0.15) is 5.56 Å². The number of sulfone groups is 1. The van der Waals surface area contributed by atoms with Crippen molar-refractivity contribution in [3.05, 3.63) is 60.2 Å². The van der Waals surface area contributed by atoms with E-state index in [1.165, 1.54) is 11.8 Å². The van der Waals surface area contributed by atoms with Crippen molar-refractivity contribution in [2.24, 2.45) is 4.99 Å². The molecule has 0 N–H and O–H groups in total. The van der Waals surface area contributed by atoms with Gasteiger partial charge in [0.15, 0.2) is 21.6 Å². The van der Waals surface area contributed by atoms with Gasteiger partial charge in [0, 0.05) is 11.8 Å². The minimum atomic E-state index is -3.07. The molecule has 2 aliphatic rings. The van der Waals surface area contributed by atoms with Gasteiger partial charge in [0.2, 0.25) is 0 Å². The molecule has 2 heterocycles. The highest BCUT2D eigenvalue weighted by atomic mass is 32.2. The van der Waals surface area contributed by atoms with Gasteiger partial charge in [0.05, 0.1) is 24.7 Å². The van der Waals surface area contributed by atoms with Gasteiger partial charge in [-0.05, 0) is 36.2 Å². The van der Waals surface area contributed by atoms with Gasteiger partial charge in [0.25, 0.3) is 5.91 Å². The quantitative estimate of drug-likeness (QED) is 0.627. The highest BCUT2D eigenvalue weighted by molar-refractivity contribution is 8.15. The number of thioether (sulfide) groups is 1. The normalized spacial score (nSPS) is 23.0. The fourth-order valence-electron chi connectivity index (χ4n) is 3.74. The molecule has 2 saturated heterocycles. The third-order valence-electron chi connectivity index (χ3n) is 5.30. The molecule has 164 valence electrons. The first-order valence-electron chi connectivity index (χ1n) is 9.99. The number of carbonyl (C=O) groups excluding carboxylic acids is 1. The molecule has 0 saturated carbocycles. The molecule has 2 aromatic rings. The zero-order valence-corrected chi connectivity index (χ0v) is 18.8. The summed E-state index contributed by atoms with van der Waals surface area (Å²) in [6.45, 7) is 0.426. The number of nitrogens with zero attached hydrogens (tertiary/aromatic N) is 2. The average molecular weight is 461 g/mol. The number of methoxy groups -OCH3 is 1. The summed E-state index contributed by atoms with van der Waals surface area (Å²) in [4.78, 5) is 18.7. The molecule has 0 unspecified atom stereocenters. The maximum atomic E-state index is 12.4. The Labute approximate surface area is 186 Å². The monoisotopic (exact) mass is 460 g/mol. The van der Waals surface area contributed by atoms with Crippen LogP contribution in [0, 0.1) is 0 Å². The molecule has 0 aliphatic carbocycles. The molecule has 7 nitrogen and oxygen atoms in total. The molecular weight excluding hydrogens is 436 g/mol. The second kappa shape index (κ2) is 9.32. The zero-order valence-electron chi connectivity index (χ0n) is 17.1. The number of ether oxygens (including phenoxy) is 2. The molecule has 2 fully saturated rings. The number of amides is 1. The lowest BCUT2D eigenvalue weighted by atomic mass is 10.1. The Morgan fingerprint density at radius 3 is 2.55 bits per heavy atom. The van der Waals surface area contributed by atoms with E-state index in [1.807, 2.05) is 47.4 Å². The highest BCUT2D eigenvalue weighted by Crippen LogP contribution is 2.38. The van der Waals surface area contributed by atoms with Gasteiger partial charge < -0.3 is 14.4 Å². The van der Waals surface area contributed by atoms with Crippen molar-refractivity contribution in [3.63, 3.8) is 0 Å². The van der Waals surface area contributed by atoms with Crippen molar-refractivity contribution in [2.75, 3.05) is 31.8 Å². The Bertz CT molecular complexity index is 1060. The van der Waals surface area contributed by atoms with Crippen LogP contribution in [0.5, 0.6) is 11.5 Å². The zero-order chi connectivity index (χ0) is 21.8. The van der Waals surface area contributed by atoms with E-state index >= 15 is 0 Å². The van der Waals surface area contributed by atoms with Gasteiger partial charge in [-0.2, -0.15) is 4.99 Å². The van der Waals surface area contributed by atoms with E-state index in [0.29, 0.717) is 23.9 Å². The number of rotatable bonds is 7. The summed E-state index contributed by atoms with van der Waals surface area (Å²) < 4.78 is 35.0. The maximum Gasteiger partial charge on any atom is 0.285 e. The van der Waals surface area contributed by atoms with Crippen LogP contribution in [0.4, 0.5) is 0 Å². The molecule has 4 rings (SSSR count). The van der Waals surface area contributed by atoms with Crippen LogP contribution in [-0.2, 0) is 21.1 Å². The van der Waals surface area contributed by atoms with Crippen LogP contribution >= 0.6 is 11.8 Å². The third kappa shape index (κ3) is 5.40. The van der Waals surface area contributed by atoms with E-state index in [2.05, 4.69) is 4.99 Å². The summed E-state index contributed by atoms with van der Waals surface area (Å²) >= 11 is 1.38. The Kier molecular flexibility index (Phi) is 6.52. The fraction of sp³-hybridized carbons (Fsp3) is 0.364. The molecule has 31 heavy (non-hydrogen) atoms. The molecule has 0 aromatic heterocycles. The number of fused-ring (bicyclic) bond motifs is 1. The first-order valence-corrected chi connectivity index (χ1v) is 12.7. The van der Waals surface area contributed by atoms with E-state index < -0.39 is 9.84 Å². The van der Waals surface area contributed by atoms with Crippen LogP contribution in [0.15, 0.2) is 59.6 Å². The van der Waals surface area contributed by atoms with Crippen LogP contribution < -0.4 is 9.47 Å². The highest BCUT2D eigenvalue weighted by Gasteiger charge is 2.48. The van der Waals surface area contributed by atoms with Gasteiger partial charge in [-0.3, -0.25) is 4.79 Å². The minimum Gasteiger partial charge on any atom is -0.497 e. The molecule has 2 aromatic carbocycles. The second-order valence-electron chi connectivity index (χ2n) is 7.48. The van der Waals surface area contributed by atoms with Crippen LogP contribution in [0.3, 0.4) is 0 Å². The lowest BCUT2D eigenvalue weighted by Gasteiger charge is -2.24. The van der Waals surface area contributed by atoms with E-state index in [-0.39, 0.29) is 35.3 Å². The summed E-state index contributed by atoms with van der Waals surface area (Å²) in [5.74, 6) is 1.22. The van der Waals surface area contributed by atoms with E-state index in [9.17, 15) is 13.2 Å². The van der Waals surface area contributed by atoms with Crippen molar-refractivity contribution >= 4 is 32.7 Å². The van der Waals surface area contributed by atoms with Crippen LogP contribution in [0.25, 0.3) is 0 Å². The molecular formula is C22H24N2O5S2. The van der Waals surface area contributed by atoms with Gasteiger partial charge in [-0.15, -0.1) is 0 Å². The predicted octanol–water partition coefficient (Wildman–Crippen LogP) is 2.41. The molecule has 0 bridgehead atoms. The number of amidine groups is 1. The standard InChI is InChI=1S/C22H24N2O5S2/c1-28-17-9-7-16(8-10-17)11-12-24-19-14-31(26,27)15-20(19)30-22(24)23-21(25)13-29-18-5-3-2-4-6-18/h2-10,19-20H,11-15H2,1H3/t19-,20+/m0/s1. The van der Waals surface area contributed by atoms with Crippen molar-refractivity contribution in [2.45, 2.75) is 17.7 Å². The average Bonchev–Trinajstić information content (AvgIpc) is 3.22. The summed E-state index contributed by atoms with van der Waals surface area (Å²) in [6.07, 6.45) is 0.710. The van der Waals surface area contributed by atoms with Gasteiger partial charge >= 0.3 is 0 Å². The number of hydrogen-bond donors (Lipinski definition) is 0. The lowest BCUT2D eigenvalue weighted by Crippen LogP contribution is -2.39. The fourth-order valence-corrected chi connectivity index (χ4v) is 7.73. The SMILES string of the molecule is COc1ccc(CCN2C(=NC(=O)COc3ccccc3)S[C@@H]3CS(=O)(=O)C[C@@H]32)cc1. The van der Waals surface area contributed by atoms with Gasteiger partial charge in [-0.1, -0.05) is 42.1 Å². The first kappa shape index (κ1) is 21.7. The Morgan fingerprint density at radius 2 is 1.84 bits per heavy atom. The summed E-state index contributed by atoms with van der Waals surface area (Å²) in [6, 6.07) is 16.7. The molecule has 0 spiro atoms. The summed E-state index contributed by atoms with van der Waals surface area (Å²) in [5, 5.41) is 0.488. The molecule has 2 aliphatic heterocycles. The Balaban J connectivity index is 1.45. The number of hydrogen-bond acceptors (Lipinski definition) is 6. The van der Waals surface area contributed by atoms with E-state index in [0.717, 1.165) is 11.3 Å². The molecule has 9 heteroatoms. The predicted molar refractivity (Wildman–Crippen MR) is 122 cm³/mol. The Morgan fingerprint density at radius 1 is 1.10 bits per heavy atom. The topological polar surface area (TPSA) is 85.3 Å². The van der Waals surface area contributed by atoms with Crippen LogP contribution in [0.2, 0.25) is 0 Å². The minimum absolute atomic E-state index is 0.0949. The molecule has 2 atom stereocenters. The van der Waals surface area contributed by atoms with Gasteiger partial charge in [0.1, 0.15) is 11.5 Å². The van der Waals surface area contributed by atoms with Crippen LogP contribution in [-0.4, -0.2) is 67.5 Å². The summed E-state index contributed by atoms with van der Waals surface area (Å²) in [7, 11) is -1.45. The maximum absolute atomic E-state index is 12.4. The van der Waals surface area contributed by atoms with Gasteiger partial charge in [-0.25, -0.2) is 8.42 Å². The van der Waals surface area contributed by atoms with E-state index in [4.69, 9.17) is 9.47 Å². The van der Waals surface area contributed by atoms with Crippen molar-refractivity contribution in [1.82, 2.24) is 4.90 Å². The lowest BCUT2D eigenvalue weighted by molar-refractivity contribution is -0.119. The molecule has 0 radical (unpaired) electrons. The third-order valence-corrected chi connectivity index (χ3v) is 8.55. The van der Waals surface area contributed by atoms with Crippen molar-refractivity contribution < 1.29 is 22.7 Å². The number of para-hydroxylation sites is 1. The van der Waals surface area contributed by atoms with Crippen molar-refractivity contribution in [1.29, 1.82) is 0 Å². The summed E-state index contributed by atoms with van der Waals surface area (Å²) in [5.41, 5.74) is 1.10. The molecule has 1 amide bonds.